The van der Waals surface area contributed by atoms with Crippen molar-refractivity contribution in [2.45, 2.75) is 0 Å². The van der Waals surface area contributed by atoms with E-state index in [-0.39, 0.29) is 8.41 Å². The Morgan fingerprint density at radius 3 is 1.62 bits per heavy atom. The summed E-state index contributed by atoms with van der Waals surface area (Å²) in [6.45, 7) is 7.03. The molecule has 0 aromatic heterocycles. The van der Waals surface area contributed by atoms with Crippen LogP contribution in [0.5, 0.6) is 0 Å². The highest BCUT2D eigenvalue weighted by molar-refractivity contribution is 7.73. The van der Waals surface area contributed by atoms with Crippen LogP contribution in [0.1, 0.15) is 0 Å². The van der Waals surface area contributed by atoms with E-state index in [1.165, 1.54) is 0 Å². The zero-order valence-electron chi connectivity index (χ0n) is 5.89. The van der Waals surface area contributed by atoms with Gasteiger partial charge in [0.25, 0.3) is 0 Å². The SMILES string of the molecule is C[P+](C)(C)CCO.[B-]. The van der Waals surface area contributed by atoms with E-state index in [9.17, 15) is 0 Å². The summed E-state index contributed by atoms with van der Waals surface area (Å²) in [5.41, 5.74) is 0. The Balaban J connectivity index is 0. The quantitative estimate of drug-likeness (QED) is 0.428. The molecule has 8 heavy (non-hydrogen) atoms. The van der Waals surface area contributed by atoms with Gasteiger partial charge in [0.1, 0.15) is 0 Å². The van der Waals surface area contributed by atoms with Crippen molar-refractivity contribution in [2.75, 3.05) is 32.8 Å². The molecule has 0 saturated carbocycles. The summed E-state index contributed by atoms with van der Waals surface area (Å²) in [6, 6.07) is 0. The Morgan fingerprint density at radius 2 is 1.62 bits per heavy atom. The second-order valence-electron chi connectivity index (χ2n) is 2.74. The lowest BCUT2D eigenvalue weighted by Crippen LogP contribution is -1.96. The van der Waals surface area contributed by atoms with Crippen LogP contribution >= 0.6 is 7.26 Å². The third-order valence-corrected chi connectivity index (χ3v) is 2.31. The Morgan fingerprint density at radius 1 is 1.25 bits per heavy atom. The van der Waals surface area contributed by atoms with Gasteiger partial charge in [0.05, 0.1) is 12.8 Å². The molecule has 0 aromatic carbocycles. The molecule has 0 saturated heterocycles. The lowest BCUT2D eigenvalue weighted by atomic mass is 10.8. The minimum absolute atomic E-state index is 0. The molecule has 0 aliphatic carbocycles. The number of rotatable bonds is 2. The highest BCUT2D eigenvalue weighted by Gasteiger charge is 2.14. The first kappa shape index (κ1) is 11.3. The number of hydrogen-bond acceptors (Lipinski definition) is 1. The summed E-state index contributed by atoms with van der Waals surface area (Å²) in [5.74, 6) is 0. The van der Waals surface area contributed by atoms with Crippen molar-refractivity contribution in [1.82, 2.24) is 0 Å². The molecule has 4 radical (unpaired) electrons. The van der Waals surface area contributed by atoms with Crippen LogP contribution < -0.4 is 0 Å². The zero-order valence-corrected chi connectivity index (χ0v) is 6.78. The van der Waals surface area contributed by atoms with Crippen LogP contribution in [0.3, 0.4) is 0 Å². The van der Waals surface area contributed by atoms with Gasteiger partial charge in [-0.1, -0.05) is 0 Å². The van der Waals surface area contributed by atoms with Gasteiger partial charge in [0.2, 0.25) is 0 Å². The average molecular weight is 132 g/mol. The largest absolute Gasteiger partial charge is 1.00 e. The number of aliphatic hydroxyl groups excluding tert-OH is 1. The van der Waals surface area contributed by atoms with Gasteiger partial charge >= 0.3 is 0 Å². The topological polar surface area (TPSA) is 20.2 Å². The van der Waals surface area contributed by atoms with Crippen LogP contribution in [0.15, 0.2) is 0 Å². The molecule has 0 aliphatic rings. The smallest absolute Gasteiger partial charge is 0.0817 e. The highest BCUT2D eigenvalue weighted by Crippen LogP contribution is 2.45. The van der Waals surface area contributed by atoms with E-state index in [0.717, 1.165) is 6.16 Å². The molecule has 0 rings (SSSR count). The third-order valence-electron chi connectivity index (χ3n) is 0.771. The van der Waals surface area contributed by atoms with Gasteiger partial charge in [-0.25, -0.2) is 0 Å². The summed E-state index contributed by atoms with van der Waals surface area (Å²) < 4.78 is 0. The molecule has 1 N–H and O–H groups in total. The van der Waals surface area contributed by atoms with Gasteiger partial charge in [-0.05, 0) is 0 Å². The maximum Gasteiger partial charge on any atom is 0.0817 e. The van der Waals surface area contributed by atoms with Crippen molar-refractivity contribution in [3.05, 3.63) is 0 Å². The molecule has 0 bridgehead atoms. The van der Waals surface area contributed by atoms with Crippen LogP contribution in [-0.2, 0) is 0 Å². The van der Waals surface area contributed by atoms with E-state index in [0.29, 0.717) is 6.61 Å². The summed E-state index contributed by atoms with van der Waals surface area (Å²) in [7, 11) is -0.666. The van der Waals surface area contributed by atoms with Gasteiger partial charge in [-0.2, -0.15) is 0 Å². The van der Waals surface area contributed by atoms with Crippen molar-refractivity contribution in [2.24, 2.45) is 0 Å². The monoisotopic (exact) mass is 132 g/mol. The molecule has 0 atom stereocenters. The van der Waals surface area contributed by atoms with Gasteiger partial charge < -0.3 is 13.5 Å². The predicted molar refractivity (Wildman–Crippen MR) is 42.4 cm³/mol. The van der Waals surface area contributed by atoms with E-state index >= 15 is 0 Å². The molecule has 0 unspecified atom stereocenters. The molecule has 3 heteroatoms. The standard InChI is InChI=1S/C5H14OP.B/c1-7(2,3)5-4-6;/h6H,4-5H2,1-3H3;/q+1;-1. The molecule has 0 aromatic rings. The van der Waals surface area contributed by atoms with Crippen LogP contribution in [-0.4, -0.2) is 46.3 Å². The second-order valence-corrected chi connectivity index (χ2v) is 7.77. The normalized spacial score (nSPS) is 10.5. The number of aliphatic hydroxyl groups is 1. The Labute approximate surface area is 54.4 Å². The third kappa shape index (κ3) is 9.68. The Kier molecular flexibility index (Phi) is 6.13. The molecule has 48 valence electrons. The lowest BCUT2D eigenvalue weighted by Gasteiger charge is -2.07. The van der Waals surface area contributed by atoms with Crippen molar-refractivity contribution in [3.63, 3.8) is 0 Å². The van der Waals surface area contributed by atoms with Crippen LogP contribution in [0.2, 0.25) is 0 Å². The maximum atomic E-state index is 8.43. The maximum absolute atomic E-state index is 8.43. The first-order valence-corrected chi connectivity index (χ1v) is 5.79. The van der Waals surface area contributed by atoms with Gasteiger partial charge in [-0.3, -0.25) is 0 Å². The summed E-state index contributed by atoms with van der Waals surface area (Å²) in [4.78, 5) is 0. The van der Waals surface area contributed by atoms with Crippen molar-refractivity contribution in [1.29, 1.82) is 0 Å². The Hall–Kier alpha value is 0.455. The van der Waals surface area contributed by atoms with E-state index < -0.39 is 7.26 Å². The van der Waals surface area contributed by atoms with Crippen LogP contribution in [0.4, 0.5) is 0 Å². The molecule has 1 nitrogen and oxygen atoms in total. The lowest BCUT2D eigenvalue weighted by molar-refractivity contribution is 0.321. The molecule has 0 fully saturated rings. The molecule has 0 amide bonds. The van der Waals surface area contributed by atoms with E-state index in [1.807, 2.05) is 0 Å². The molecule has 0 heterocycles. The zero-order chi connectivity index (χ0) is 5.91. The Bertz CT molecular complexity index is 50.9. The number of hydrogen-bond donors (Lipinski definition) is 1. The van der Waals surface area contributed by atoms with Gasteiger partial charge in [-0.15, -0.1) is 0 Å². The fraction of sp³-hybridized carbons (Fsp3) is 1.00. The molecular weight excluding hydrogens is 118 g/mol. The van der Waals surface area contributed by atoms with Crippen molar-refractivity contribution >= 4 is 15.7 Å². The van der Waals surface area contributed by atoms with Crippen molar-refractivity contribution in [3.8, 4) is 0 Å². The van der Waals surface area contributed by atoms with E-state index in [4.69, 9.17) is 5.11 Å². The average Bonchev–Trinajstić information content (AvgIpc) is 1.30. The minimum Gasteiger partial charge on any atom is -1.00 e. The first-order chi connectivity index (χ1) is 3.06. The van der Waals surface area contributed by atoms with Gasteiger partial charge in [0.15, 0.2) is 0 Å². The van der Waals surface area contributed by atoms with E-state index in [2.05, 4.69) is 20.0 Å². The molecule has 0 aliphatic heterocycles. The second kappa shape index (κ2) is 4.35. The fourth-order valence-corrected chi connectivity index (χ4v) is 0.900. The van der Waals surface area contributed by atoms with Gasteiger partial charge in [0, 0.05) is 27.3 Å². The molecular formula is C5H14BOP. The highest BCUT2D eigenvalue weighted by atomic mass is 31.2. The van der Waals surface area contributed by atoms with Crippen molar-refractivity contribution < 1.29 is 5.11 Å². The summed E-state index contributed by atoms with van der Waals surface area (Å²) in [5, 5.41) is 8.43. The summed E-state index contributed by atoms with van der Waals surface area (Å²) >= 11 is 0. The first-order valence-electron chi connectivity index (χ1n) is 2.47. The van der Waals surface area contributed by atoms with Crippen LogP contribution in [0, 0.1) is 0 Å². The summed E-state index contributed by atoms with van der Waals surface area (Å²) in [6.07, 6.45) is 1.01. The van der Waals surface area contributed by atoms with E-state index in [1.54, 1.807) is 0 Å². The predicted octanol–water partition coefficient (Wildman–Crippen LogP) is 0.505. The minimum atomic E-state index is -0.666. The molecule has 0 spiro atoms. The van der Waals surface area contributed by atoms with Crippen LogP contribution in [0.25, 0.3) is 0 Å². The fourth-order valence-electron chi connectivity index (χ4n) is 0.300.